The van der Waals surface area contributed by atoms with Gasteiger partial charge >= 0.3 is 0 Å². The van der Waals surface area contributed by atoms with Crippen molar-refractivity contribution in [1.29, 1.82) is 5.26 Å². The number of aryl methyl sites for hydroxylation is 1. The molecule has 198 valence electrons. The molecule has 13 heteroatoms. The minimum atomic E-state index is -0.0402. The summed E-state index contributed by atoms with van der Waals surface area (Å²) in [6.45, 7) is 11.6. The van der Waals surface area contributed by atoms with Gasteiger partial charge in [-0.15, -0.1) is 0 Å². The van der Waals surface area contributed by atoms with E-state index < -0.39 is 0 Å². The van der Waals surface area contributed by atoms with Crippen LogP contribution in [0.15, 0.2) is 0 Å². The van der Waals surface area contributed by atoms with Crippen LogP contribution in [0, 0.1) is 24.2 Å². The van der Waals surface area contributed by atoms with Crippen molar-refractivity contribution < 1.29 is 4.79 Å². The van der Waals surface area contributed by atoms with Crippen LogP contribution in [0.4, 0.5) is 0 Å². The van der Waals surface area contributed by atoms with Gasteiger partial charge in [-0.2, -0.15) is 30.2 Å². The van der Waals surface area contributed by atoms with E-state index in [9.17, 15) is 4.79 Å². The predicted molar refractivity (Wildman–Crippen MR) is 158 cm³/mol. The van der Waals surface area contributed by atoms with Gasteiger partial charge in [-0.3, -0.25) is 15.3 Å². The Bertz CT molecular complexity index is 649. The van der Waals surface area contributed by atoms with Crippen LogP contribution >= 0.6 is 19.8 Å². The van der Waals surface area contributed by atoms with Crippen molar-refractivity contribution in [3.8, 4) is 6.07 Å². The number of rotatable bonds is 4. The Hall–Kier alpha value is -1.03. The number of nitriles is 1. The minimum Gasteiger partial charge on any atom is -0.346 e. The topological polar surface area (TPSA) is 127 Å². The lowest BCUT2D eigenvalue weighted by molar-refractivity contribution is -0.126. The zero-order valence-corrected chi connectivity index (χ0v) is 22.4. The van der Waals surface area contributed by atoms with Gasteiger partial charge in [0.2, 0.25) is 20.7 Å². The average molecular weight is 516 g/mol. The third-order valence-electron chi connectivity index (χ3n) is 5.13. The van der Waals surface area contributed by atoms with Crippen LogP contribution in [0.25, 0.3) is 0 Å². The number of aromatic nitrogens is 3. The zero-order valence-electron chi connectivity index (χ0n) is 19.6. The monoisotopic (exact) mass is 516 g/mol. The van der Waals surface area contributed by atoms with Crippen molar-refractivity contribution in [3.05, 3.63) is 11.6 Å². The van der Waals surface area contributed by atoms with Crippen molar-refractivity contribution in [3.63, 3.8) is 0 Å². The molecule has 1 aromatic heterocycles. The van der Waals surface area contributed by atoms with Crippen molar-refractivity contribution in [2.24, 2.45) is 11.8 Å². The summed E-state index contributed by atoms with van der Waals surface area (Å²) >= 11 is 0. The largest absolute Gasteiger partial charge is 0.346 e. The molecule has 0 aromatic carbocycles. The van der Waals surface area contributed by atoms with E-state index in [1.165, 1.54) is 26.3 Å². The number of amides is 1. The maximum absolute atomic E-state index is 11.2. The molecule has 0 saturated carbocycles. The van der Waals surface area contributed by atoms with E-state index in [0.29, 0.717) is 5.92 Å². The molecule has 4 N–H and O–H groups in total. The molecule has 0 bridgehead atoms. The van der Waals surface area contributed by atoms with Crippen LogP contribution in [0.5, 0.6) is 0 Å². The molecule has 4 atom stereocenters. The van der Waals surface area contributed by atoms with Gasteiger partial charge in [0.05, 0.1) is 12.0 Å². The van der Waals surface area contributed by atoms with Crippen molar-refractivity contribution in [2.75, 3.05) is 26.2 Å². The van der Waals surface area contributed by atoms with Crippen molar-refractivity contribution in [2.45, 2.75) is 81.4 Å². The highest BCUT2D eigenvalue weighted by Gasteiger charge is 2.24. The van der Waals surface area contributed by atoms with Crippen LogP contribution in [0.2, 0.25) is 13.6 Å². The summed E-state index contributed by atoms with van der Waals surface area (Å²) in [7, 11) is 4.18. The molecule has 3 rings (SSSR count). The first-order valence-corrected chi connectivity index (χ1v) is 10.3. The molecule has 1 amide bonds. The standard InChI is InChI=1S/C9H16BN4.C7H15BN3O.C2H3N.3CH4.2H3P/c1-7-11-9(13-12-7)8-4-3-5-14(6-8)10-2;1-8-11-4-2-3-6(5-11)7(12)10-9;1-2-3;;;;;/h8H,3-6H2,1-2H3,(H,11,12,13);6H,2-5,9H2,1H3,(H,10,12);1H3;3*1H4;2*1H3. The first-order chi connectivity index (χ1) is 14.0. The molecule has 2 saturated heterocycles. The predicted octanol–water partition coefficient (Wildman–Crippen LogP) is 2.87. The number of hydrogen-bond acceptors (Lipinski definition) is 7. The number of nitrogens with zero attached hydrogens (tertiary/aromatic N) is 5. The van der Waals surface area contributed by atoms with E-state index in [1.807, 2.05) is 21.2 Å². The van der Waals surface area contributed by atoms with Crippen LogP contribution in [0.1, 0.15) is 72.5 Å². The molecular formula is C21H52B2N8OP2. The third kappa shape index (κ3) is 15.8. The maximum Gasteiger partial charge on any atom is 0.238 e. The Labute approximate surface area is 217 Å². The Morgan fingerprint density at radius 3 is 2.06 bits per heavy atom. The quantitative estimate of drug-likeness (QED) is 0.185. The van der Waals surface area contributed by atoms with Crippen molar-refractivity contribution >= 4 is 40.5 Å². The number of aromatic amines is 1. The molecule has 4 unspecified atom stereocenters. The second-order valence-corrected chi connectivity index (χ2v) is 7.20. The zero-order chi connectivity index (χ0) is 21.6. The van der Waals surface area contributed by atoms with Gasteiger partial charge in [0.25, 0.3) is 0 Å². The Morgan fingerprint density at radius 2 is 1.62 bits per heavy atom. The molecule has 2 aliphatic heterocycles. The van der Waals surface area contributed by atoms with E-state index in [2.05, 4.69) is 44.5 Å². The first-order valence-electron chi connectivity index (χ1n) is 10.3. The molecule has 9 nitrogen and oxygen atoms in total. The van der Waals surface area contributed by atoms with E-state index in [1.54, 1.807) is 6.07 Å². The summed E-state index contributed by atoms with van der Waals surface area (Å²) in [5.41, 5.74) is 2.20. The number of H-pyrrole nitrogens is 1. The van der Waals surface area contributed by atoms with Crippen LogP contribution in [-0.4, -0.2) is 71.7 Å². The lowest BCUT2D eigenvalue weighted by Crippen LogP contribution is -2.45. The van der Waals surface area contributed by atoms with Gasteiger partial charge in [-0.1, -0.05) is 35.9 Å². The molecule has 3 heterocycles. The van der Waals surface area contributed by atoms with Crippen LogP contribution in [-0.2, 0) is 4.79 Å². The second kappa shape index (κ2) is 25.1. The maximum atomic E-state index is 11.2. The SMILES string of the molecule is C.C.C.CC#N.C[B]N1CCCC(C(=O)NN)C1.C[B]N1CCCC(c2n[nH]c(C)n2)C1.P.P. The number of nitrogens with two attached hydrogens (primary N) is 1. The smallest absolute Gasteiger partial charge is 0.238 e. The normalized spacial score (nSPS) is 18.8. The molecule has 2 radical (unpaired) electrons. The summed E-state index contributed by atoms with van der Waals surface area (Å²) in [6, 6.07) is 1.75. The molecule has 2 aliphatic rings. The molecular weight excluding hydrogens is 464 g/mol. The summed E-state index contributed by atoms with van der Waals surface area (Å²) in [6.07, 6.45) is 4.47. The van der Waals surface area contributed by atoms with Gasteiger partial charge < -0.3 is 9.62 Å². The second-order valence-electron chi connectivity index (χ2n) is 7.20. The fourth-order valence-electron chi connectivity index (χ4n) is 3.57. The molecule has 0 aliphatic carbocycles. The average Bonchev–Trinajstić information content (AvgIpc) is 3.20. The van der Waals surface area contributed by atoms with E-state index in [-0.39, 0.29) is 53.9 Å². The van der Waals surface area contributed by atoms with Gasteiger partial charge in [0.1, 0.15) is 5.82 Å². The van der Waals surface area contributed by atoms with E-state index in [0.717, 1.165) is 44.1 Å². The molecule has 34 heavy (non-hydrogen) atoms. The Morgan fingerprint density at radius 1 is 1.12 bits per heavy atom. The number of piperidine rings is 2. The number of hydrogen-bond donors (Lipinski definition) is 3. The first kappa shape index (κ1) is 43.1. The number of carbonyl (C=O) groups excluding carboxylic acids is 1. The fourth-order valence-corrected chi connectivity index (χ4v) is 3.57. The fraction of sp³-hybridized carbons (Fsp3) is 0.810. The summed E-state index contributed by atoms with van der Waals surface area (Å²) < 4.78 is 0. The number of hydrazine groups is 1. The lowest BCUT2D eigenvalue weighted by atomic mass is 9.87. The highest BCUT2D eigenvalue weighted by molar-refractivity contribution is 6.92. The number of nitrogens with one attached hydrogen (secondary N) is 2. The summed E-state index contributed by atoms with van der Waals surface area (Å²) in [5.74, 6) is 7.49. The highest BCUT2D eigenvalue weighted by atomic mass is 31.0. The van der Waals surface area contributed by atoms with Gasteiger partial charge in [0.15, 0.2) is 5.82 Å². The van der Waals surface area contributed by atoms with Gasteiger partial charge in [-0.25, -0.2) is 10.8 Å². The molecule has 1 aromatic rings. The van der Waals surface area contributed by atoms with Crippen LogP contribution < -0.4 is 11.3 Å². The van der Waals surface area contributed by atoms with Gasteiger partial charge in [0, 0.05) is 12.8 Å². The van der Waals surface area contributed by atoms with E-state index in [4.69, 9.17) is 11.1 Å². The number of carbonyl (C=O) groups is 1. The Kier molecular flexibility index (Phi) is 31.8. The summed E-state index contributed by atoms with van der Waals surface area (Å²) in [5, 5.41) is 14.5. The molecule has 2 fully saturated rings. The Balaban J connectivity index is -0.000000131. The van der Waals surface area contributed by atoms with E-state index >= 15 is 0 Å². The van der Waals surface area contributed by atoms with Gasteiger partial charge in [-0.05, 0) is 58.8 Å². The highest BCUT2D eigenvalue weighted by Crippen LogP contribution is 2.23. The minimum absolute atomic E-state index is 0. The van der Waals surface area contributed by atoms with Crippen LogP contribution in [0.3, 0.4) is 0 Å². The summed E-state index contributed by atoms with van der Waals surface area (Å²) in [4.78, 5) is 20.1. The third-order valence-corrected chi connectivity index (χ3v) is 5.13. The molecule has 0 spiro atoms. The van der Waals surface area contributed by atoms with Crippen molar-refractivity contribution in [1.82, 2.24) is 30.2 Å². The lowest BCUT2D eigenvalue weighted by Gasteiger charge is -2.30.